The Morgan fingerprint density at radius 3 is 2.41 bits per heavy atom. The van der Waals surface area contributed by atoms with Crippen LogP contribution in [0.2, 0.25) is 0 Å². The van der Waals surface area contributed by atoms with Crippen LogP contribution < -0.4 is 4.90 Å². The third-order valence-electron chi connectivity index (χ3n) is 2.36. The molecule has 6 heteroatoms. The lowest BCUT2D eigenvalue weighted by Crippen LogP contribution is -2.43. The third kappa shape index (κ3) is 2.13. The van der Waals surface area contributed by atoms with Crippen molar-refractivity contribution in [3.05, 3.63) is 42.6 Å². The molecule has 1 amide bonds. The third-order valence-corrected chi connectivity index (χ3v) is 3.10. The second-order valence-corrected chi connectivity index (χ2v) is 4.34. The minimum absolute atomic E-state index is 0.317. The smallest absolute Gasteiger partial charge is 0.265 e. The Balaban J connectivity index is 2.46. The molecule has 1 aliphatic heterocycles. The average Bonchev–Trinajstić information content (AvgIpc) is 2.33. The van der Waals surface area contributed by atoms with Crippen molar-refractivity contribution >= 4 is 26.8 Å². The molecule has 1 unspecified atom stereocenters. The second-order valence-electron chi connectivity index (χ2n) is 3.40. The van der Waals surface area contributed by atoms with Gasteiger partial charge in [0.15, 0.2) is 6.10 Å². The highest BCUT2D eigenvalue weighted by atomic mass is 32.2. The van der Waals surface area contributed by atoms with Crippen LogP contribution in [0, 0.1) is 0 Å². The molecule has 0 bridgehead atoms. The predicted octanol–water partition coefficient (Wildman–Crippen LogP) is -0.0407. The summed E-state index contributed by atoms with van der Waals surface area (Å²) in [5.74, 6) is -0.683. The number of carbonyl (C=O) groups is 1. The molecule has 1 aromatic rings. The Bertz CT molecular complexity index is 596. The molecule has 1 N–H and O–H groups in total. The zero-order valence-electron chi connectivity index (χ0n) is 8.65. The van der Waals surface area contributed by atoms with E-state index in [2.05, 4.69) is 0 Å². The number of aliphatic hydroxyl groups excluding tert-OH is 1. The Labute approximate surface area is 99.1 Å². The number of rotatable bonds is 1. The van der Waals surface area contributed by atoms with Crippen LogP contribution in [-0.2, 0) is 15.1 Å². The summed E-state index contributed by atoms with van der Waals surface area (Å²) in [5, 5.41) is 9.57. The van der Waals surface area contributed by atoms with Crippen LogP contribution in [0.5, 0.6) is 0 Å². The first kappa shape index (κ1) is 11.6. The normalized spacial score (nSPS) is 19.6. The summed E-state index contributed by atoms with van der Waals surface area (Å²) in [6, 6.07) is 8.66. The fraction of sp³-hybridized carbons (Fsp3) is 0.0909. The van der Waals surface area contributed by atoms with E-state index in [1.807, 2.05) is 0 Å². The van der Waals surface area contributed by atoms with Crippen molar-refractivity contribution in [2.45, 2.75) is 6.10 Å². The number of hydrogen-bond acceptors (Lipinski definition) is 4. The molecule has 0 aromatic heterocycles. The molecule has 1 aliphatic rings. The highest BCUT2D eigenvalue weighted by Gasteiger charge is 2.30. The van der Waals surface area contributed by atoms with Gasteiger partial charge in [0, 0.05) is 11.9 Å². The molecule has 0 saturated carbocycles. The first-order chi connectivity index (χ1) is 8.11. The van der Waals surface area contributed by atoms with Gasteiger partial charge in [-0.1, -0.05) is 18.2 Å². The largest absolute Gasteiger partial charge is 0.378 e. The zero-order chi connectivity index (χ0) is 12.4. The number of aliphatic hydroxyl groups is 1. The van der Waals surface area contributed by atoms with Gasteiger partial charge in [0.1, 0.15) is 4.86 Å². The fourth-order valence-electron chi connectivity index (χ4n) is 1.51. The highest BCUT2D eigenvalue weighted by Crippen LogP contribution is 2.18. The van der Waals surface area contributed by atoms with Gasteiger partial charge in [-0.25, -0.2) is 0 Å². The second kappa shape index (κ2) is 4.52. The number of carbonyl (C=O) groups excluding carboxylic acids is 1. The molecular formula is C11H9NO4S. The van der Waals surface area contributed by atoms with Crippen LogP contribution in [0.15, 0.2) is 42.6 Å². The van der Waals surface area contributed by atoms with Crippen molar-refractivity contribution in [2.75, 3.05) is 4.90 Å². The van der Waals surface area contributed by atoms with E-state index >= 15 is 0 Å². The number of anilines is 1. The maximum atomic E-state index is 11.8. The van der Waals surface area contributed by atoms with Crippen molar-refractivity contribution in [3.8, 4) is 0 Å². The van der Waals surface area contributed by atoms with Crippen LogP contribution in [0.25, 0.3) is 0 Å². The number of para-hydroxylation sites is 1. The quantitative estimate of drug-likeness (QED) is 0.711. The Hall–Kier alpha value is -1.92. The van der Waals surface area contributed by atoms with E-state index < -0.39 is 22.3 Å². The lowest BCUT2D eigenvalue weighted by molar-refractivity contribution is -0.123. The topological polar surface area (TPSA) is 74.7 Å². The van der Waals surface area contributed by atoms with Crippen LogP contribution in [-0.4, -0.2) is 30.4 Å². The zero-order valence-corrected chi connectivity index (χ0v) is 9.46. The summed E-state index contributed by atoms with van der Waals surface area (Å²) in [7, 11) is -2.59. The first-order valence-electron chi connectivity index (χ1n) is 4.82. The predicted molar refractivity (Wildman–Crippen MR) is 63.0 cm³/mol. The van der Waals surface area contributed by atoms with Gasteiger partial charge in [-0.2, -0.15) is 8.42 Å². The molecule has 1 heterocycles. The Morgan fingerprint density at radius 2 is 1.82 bits per heavy atom. The van der Waals surface area contributed by atoms with Gasteiger partial charge in [-0.05, 0) is 18.2 Å². The average molecular weight is 251 g/mol. The molecule has 17 heavy (non-hydrogen) atoms. The molecule has 5 nitrogen and oxygen atoms in total. The monoisotopic (exact) mass is 251 g/mol. The minimum atomic E-state index is -2.59. The van der Waals surface area contributed by atoms with E-state index in [1.54, 1.807) is 30.3 Å². The molecule has 1 atom stereocenters. The van der Waals surface area contributed by atoms with Crippen molar-refractivity contribution in [3.63, 3.8) is 0 Å². The Kier molecular flexibility index (Phi) is 3.08. The number of hydrogen-bond donors (Lipinski definition) is 1. The molecule has 0 saturated heterocycles. The van der Waals surface area contributed by atoms with Gasteiger partial charge >= 0.3 is 0 Å². The van der Waals surface area contributed by atoms with Crippen LogP contribution in [0.1, 0.15) is 0 Å². The van der Waals surface area contributed by atoms with Gasteiger partial charge < -0.3 is 5.11 Å². The van der Waals surface area contributed by atoms with E-state index in [0.29, 0.717) is 5.69 Å². The molecule has 0 aliphatic carbocycles. The SMILES string of the molecule is O=C1C(O)C(=S(=O)=O)C=CN1c1ccccc1. The lowest BCUT2D eigenvalue weighted by atomic mass is 10.1. The summed E-state index contributed by atoms with van der Waals surface area (Å²) in [5.41, 5.74) is 0.573. The van der Waals surface area contributed by atoms with Gasteiger partial charge in [-0.15, -0.1) is 0 Å². The van der Waals surface area contributed by atoms with Gasteiger partial charge in [-0.3, -0.25) is 9.69 Å². The van der Waals surface area contributed by atoms with Crippen LogP contribution in [0.4, 0.5) is 5.69 Å². The Morgan fingerprint density at radius 1 is 1.18 bits per heavy atom. The molecule has 0 radical (unpaired) electrons. The van der Waals surface area contributed by atoms with Crippen LogP contribution >= 0.6 is 0 Å². The summed E-state index contributed by atoms with van der Waals surface area (Å²) < 4.78 is 21.5. The minimum Gasteiger partial charge on any atom is -0.378 e. The molecule has 0 fully saturated rings. The van der Waals surface area contributed by atoms with Gasteiger partial charge in [0.05, 0.1) is 0 Å². The number of nitrogens with zero attached hydrogens (tertiary/aromatic N) is 1. The lowest BCUT2D eigenvalue weighted by Gasteiger charge is -2.24. The van der Waals surface area contributed by atoms with Crippen LogP contribution in [0.3, 0.4) is 0 Å². The van der Waals surface area contributed by atoms with E-state index in [4.69, 9.17) is 0 Å². The summed E-state index contributed by atoms with van der Waals surface area (Å²) in [4.78, 5) is 12.7. The standard InChI is InChI=1S/C11H9NO4S/c13-10-9(17(15)16)6-7-12(11(10)14)8-4-2-1-3-5-8/h1-7,10,13H. The van der Waals surface area contributed by atoms with E-state index in [9.17, 15) is 18.3 Å². The van der Waals surface area contributed by atoms with E-state index in [-0.39, 0.29) is 4.86 Å². The number of benzene rings is 1. The molecule has 1 aromatic carbocycles. The van der Waals surface area contributed by atoms with Crippen molar-refractivity contribution in [1.29, 1.82) is 0 Å². The maximum Gasteiger partial charge on any atom is 0.265 e. The fourth-order valence-corrected chi connectivity index (χ4v) is 1.97. The highest BCUT2D eigenvalue weighted by molar-refractivity contribution is 7.73. The molecule has 88 valence electrons. The number of amides is 1. The first-order valence-corrected chi connectivity index (χ1v) is 5.89. The van der Waals surface area contributed by atoms with Crippen molar-refractivity contribution < 1.29 is 18.3 Å². The van der Waals surface area contributed by atoms with Crippen molar-refractivity contribution in [1.82, 2.24) is 0 Å². The van der Waals surface area contributed by atoms with E-state index in [0.717, 1.165) is 0 Å². The van der Waals surface area contributed by atoms with Gasteiger partial charge in [0.25, 0.3) is 5.91 Å². The summed E-state index contributed by atoms with van der Waals surface area (Å²) in [6.45, 7) is 0. The van der Waals surface area contributed by atoms with E-state index in [1.165, 1.54) is 17.2 Å². The van der Waals surface area contributed by atoms with Gasteiger partial charge in [0.2, 0.25) is 10.3 Å². The molecule has 2 rings (SSSR count). The van der Waals surface area contributed by atoms with Crippen molar-refractivity contribution in [2.24, 2.45) is 0 Å². The summed E-state index contributed by atoms with van der Waals surface area (Å²) >= 11 is 0. The molecule has 0 spiro atoms. The maximum absolute atomic E-state index is 11.8. The molecular weight excluding hydrogens is 242 g/mol. The summed E-state index contributed by atoms with van der Waals surface area (Å²) in [6.07, 6.45) is 0.899.